The Bertz CT molecular complexity index is 352. The van der Waals surface area contributed by atoms with Crippen LogP contribution in [-0.2, 0) is 4.79 Å². The van der Waals surface area contributed by atoms with Gasteiger partial charge in [-0.3, -0.25) is 4.79 Å². The number of nitrogens with zero attached hydrogens (tertiary/aromatic N) is 1. The fourth-order valence-corrected chi connectivity index (χ4v) is 2.21. The Balaban J connectivity index is 2.32. The average molecular weight is 296 g/mol. The maximum atomic E-state index is 12.5. The molecule has 1 saturated carbocycles. The van der Waals surface area contributed by atoms with Crippen LogP contribution in [0.5, 0.6) is 0 Å². The van der Waals surface area contributed by atoms with Crippen molar-refractivity contribution in [2.24, 2.45) is 5.92 Å². The quantitative estimate of drug-likeness (QED) is 0.835. The average Bonchev–Trinajstić information content (AvgIpc) is 2.35. The zero-order valence-corrected chi connectivity index (χ0v) is 11.2. The SMILES string of the molecule is CN(CCC(=O)O)C(=O)NC1CCC(C(F)(F)F)CC1. The Morgan fingerprint density at radius 2 is 1.80 bits per heavy atom. The molecule has 0 saturated heterocycles. The van der Waals surface area contributed by atoms with Gasteiger partial charge < -0.3 is 15.3 Å². The van der Waals surface area contributed by atoms with Gasteiger partial charge >= 0.3 is 18.2 Å². The van der Waals surface area contributed by atoms with E-state index < -0.39 is 24.1 Å². The molecule has 0 aromatic carbocycles. The Hall–Kier alpha value is -1.47. The van der Waals surface area contributed by atoms with E-state index in [2.05, 4.69) is 5.32 Å². The van der Waals surface area contributed by atoms with E-state index in [0.717, 1.165) is 0 Å². The van der Waals surface area contributed by atoms with Gasteiger partial charge in [-0.25, -0.2) is 4.79 Å². The Morgan fingerprint density at radius 3 is 2.25 bits per heavy atom. The Morgan fingerprint density at radius 1 is 1.25 bits per heavy atom. The van der Waals surface area contributed by atoms with Gasteiger partial charge in [-0.2, -0.15) is 13.2 Å². The van der Waals surface area contributed by atoms with Crippen LogP contribution in [-0.4, -0.2) is 47.8 Å². The molecule has 116 valence electrons. The van der Waals surface area contributed by atoms with E-state index in [9.17, 15) is 22.8 Å². The number of carboxylic acids is 1. The summed E-state index contributed by atoms with van der Waals surface area (Å²) in [7, 11) is 1.46. The normalized spacial score (nSPS) is 23.2. The minimum Gasteiger partial charge on any atom is -0.481 e. The molecule has 0 aromatic rings. The minimum atomic E-state index is -4.16. The summed E-state index contributed by atoms with van der Waals surface area (Å²) in [6, 6.07) is -0.713. The lowest BCUT2D eigenvalue weighted by molar-refractivity contribution is -0.182. The zero-order chi connectivity index (χ0) is 15.3. The van der Waals surface area contributed by atoms with E-state index in [1.54, 1.807) is 0 Å². The second-order valence-corrected chi connectivity index (χ2v) is 5.10. The maximum Gasteiger partial charge on any atom is 0.391 e. The van der Waals surface area contributed by atoms with Crippen LogP contribution in [0.1, 0.15) is 32.1 Å². The number of amides is 2. The van der Waals surface area contributed by atoms with Gasteiger partial charge in [0.05, 0.1) is 12.3 Å². The van der Waals surface area contributed by atoms with Gasteiger partial charge in [-0.1, -0.05) is 0 Å². The molecule has 5 nitrogen and oxygen atoms in total. The number of hydrogen-bond acceptors (Lipinski definition) is 2. The van der Waals surface area contributed by atoms with Crippen LogP contribution in [0.4, 0.5) is 18.0 Å². The number of aliphatic carboxylic acids is 1. The molecule has 2 amide bonds. The first-order valence-corrected chi connectivity index (χ1v) is 6.50. The van der Waals surface area contributed by atoms with Crippen LogP contribution in [0.2, 0.25) is 0 Å². The third-order valence-corrected chi connectivity index (χ3v) is 3.53. The summed E-state index contributed by atoms with van der Waals surface area (Å²) in [5.74, 6) is -2.28. The second kappa shape index (κ2) is 6.81. The van der Waals surface area contributed by atoms with Crippen molar-refractivity contribution in [2.45, 2.75) is 44.3 Å². The zero-order valence-electron chi connectivity index (χ0n) is 11.2. The van der Waals surface area contributed by atoms with Crippen LogP contribution < -0.4 is 5.32 Å². The molecule has 0 atom stereocenters. The largest absolute Gasteiger partial charge is 0.481 e. The predicted molar refractivity (Wildman–Crippen MR) is 65.2 cm³/mol. The summed E-state index contributed by atoms with van der Waals surface area (Å²) in [5.41, 5.74) is 0. The van der Waals surface area contributed by atoms with Crippen molar-refractivity contribution in [3.05, 3.63) is 0 Å². The Kier molecular flexibility index (Phi) is 5.64. The smallest absolute Gasteiger partial charge is 0.391 e. The summed E-state index contributed by atoms with van der Waals surface area (Å²) in [6.07, 6.45) is -3.69. The molecule has 0 spiro atoms. The van der Waals surface area contributed by atoms with Gasteiger partial charge in [0.2, 0.25) is 0 Å². The number of rotatable bonds is 4. The first kappa shape index (κ1) is 16.6. The number of nitrogens with one attached hydrogen (secondary N) is 1. The molecular weight excluding hydrogens is 277 g/mol. The second-order valence-electron chi connectivity index (χ2n) is 5.10. The van der Waals surface area contributed by atoms with Gasteiger partial charge in [-0.15, -0.1) is 0 Å². The van der Waals surface area contributed by atoms with Gasteiger partial charge in [0, 0.05) is 19.6 Å². The van der Waals surface area contributed by atoms with Crippen molar-refractivity contribution >= 4 is 12.0 Å². The third kappa shape index (κ3) is 5.26. The summed E-state index contributed by atoms with van der Waals surface area (Å²) in [6.45, 7) is 0.0685. The van der Waals surface area contributed by atoms with Gasteiger partial charge in [0.15, 0.2) is 0 Å². The van der Waals surface area contributed by atoms with E-state index in [-0.39, 0.29) is 31.8 Å². The summed E-state index contributed by atoms with van der Waals surface area (Å²) in [4.78, 5) is 23.3. The van der Waals surface area contributed by atoms with Crippen molar-refractivity contribution in [1.82, 2.24) is 10.2 Å². The molecule has 1 aliphatic rings. The van der Waals surface area contributed by atoms with Crippen molar-refractivity contribution < 1.29 is 27.9 Å². The van der Waals surface area contributed by atoms with Gasteiger partial charge in [-0.05, 0) is 25.7 Å². The van der Waals surface area contributed by atoms with Gasteiger partial charge in [0.1, 0.15) is 0 Å². The number of carboxylic acid groups (broad SMARTS) is 1. The van der Waals surface area contributed by atoms with E-state index in [1.807, 2.05) is 0 Å². The van der Waals surface area contributed by atoms with Crippen LogP contribution >= 0.6 is 0 Å². The molecule has 1 fully saturated rings. The molecule has 2 N–H and O–H groups in total. The minimum absolute atomic E-state index is 0.0211. The molecule has 0 radical (unpaired) electrons. The first-order chi connectivity index (χ1) is 9.20. The molecule has 0 unspecified atom stereocenters. The highest BCUT2D eigenvalue weighted by molar-refractivity contribution is 5.75. The highest BCUT2D eigenvalue weighted by atomic mass is 19.4. The van der Waals surface area contributed by atoms with Crippen molar-refractivity contribution in [3.63, 3.8) is 0 Å². The highest BCUT2D eigenvalue weighted by Gasteiger charge is 2.41. The molecule has 0 heterocycles. The molecule has 0 bridgehead atoms. The lowest BCUT2D eigenvalue weighted by Gasteiger charge is -2.31. The Labute approximate surface area is 115 Å². The molecule has 0 aromatic heterocycles. The number of urea groups is 1. The molecule has 8 heteroatoms. The lowest BCUT2D eigenvalue weighted by atomic mass is 9.85. The number of hydrogen-bond donors (Lipinski definition) is 2. The van der Waals surface area contributed by atoms with E-state index in [0.29, 0.717) is 12.8 Å². The van der Waals surface area contributed by atoms with Gasteiger partial charge in [0.25, 0.3) is 0 Å². The number of carbonyl (C=O) groups is 2. The fraction of sp³-hybridized carbons (Fsp3) is 0.833. The molecular formula is C12H19F3N2O3. The summed E-state index contributed by atoms with van der Waals surface area (Å²) >= 11 is 0. The molecule has 1 aliphatic carbocycles. The van der Waals surface area contributed by atoms with Crippen LogP contribution in [0.3, 0.4) is 0 Å². The van der Waals surface area contributed by atoms with Crippen molar-refractivity contribution in [1.29, 1.82) is 0 Å². The predicted octanol–water partition coefficient (Wildman–Crippen LogP) is 2.22. The van der Waals surface area contributed by atoms with Crippen LogP contribution in [0.25, 0.3) is 0 Å². The molecule has 0 aliphatic heterocycles. The van der Waals surface area contributed by atoms with Crippen LogP contribution in [0, 0.1) is 5.92 Å². The molecule has 20 heavy (non-hydrogen) atoms. The fourth-order valence-electron chi connectivity index (χ4n) is 2.21. The topological polar surface area (TPSA) is 69.6 Å². The monoisotopic (exact) mass is 296 g/mol. The third-order valence-electron chi connectivity index (χ3n) is 3.53. The molecule has 1 rings (SSSR count). The van der Waals surface area contributed by atoms with Crippen molar-refractivity contribution in [2.75, 3.05) is 13.6 Å². The van der Waals surface area contributed by atoms with E-state index in [1.165, 1.54) is 11.9 Å². The van der Waals surface area contributed by atoms with Crippen LogP contribution in [0.15, 0.2) is 0 Å². The summed E-state index contributed by atoms with van der Waals surface area (Å²) < 4.78 is 37.5. The first-order valence-electron chi connectivity index (χ1n) is 6.50. The number of carbonyl (C=O) groups excluding carboxylic acids is 1. The maximum absolute atomic E-state index is 12.5. The number of halogens is 3. The lowest BCUT2D eigenvalue weighted by Crippen LogP contribution is -2.45. The van der Waals surface area contributed by atoms with Crippen molar-refractivity contribution in [3.8, 4) is 0 Å². The highest BCUT2D eigenvalue weighted by Crippen LogP contribution is 2.37. The number of alkyl halides is 3. The standard InChI is InChI=1S/C12H19F3N2O3/c1-17(7-6-10(18)19)11(20)16-9-4-2-8(3-5-9)12(13,14)15/h8-9H,2-7H2,1H3,(H,16,20)(H,18,19). The van der Waals surface area contributed by atoms with E-state index >= 15 is 0 Å². The summed E-state index contributed by atoms with van der Waals surface area (Å²) in [5, 5.41) is 11.1. The van der Waals surface area contributed by atoms with E-state index in [4.69, 9.17) is 5.11 Å².